The zero-order valence-corrected chi connectivity index (χ0v) is 13.3. The molecule has 2 saturated heterocycles. The third-order valence-corrected chi connectivity index (χ3v) is 4.72. The molecule has 1 unspecified atom stereocenters. The molecule has 2 rings (SSSR count). The zero-order valence-electron chi connectivity index (χ0n) is 13.3. The van der Waals surface area contributed by atoms with Gasteiger partial charge in [-0.15, -0.1) is 0 Å². The van der Waals surface area contributed by atoms with E-state index in [4.69, 9.17) is 4.74 Å². The van der Waals surface area contributed by atoms with Crippen molar-refractivity contribution in [2.75, 3.05) is 32.8 Å². The first-order valence-electron chi connectivity index (χ1n) is 8.33. The molecule has 0 radical (unpaired) electrons. The summed E-state index contributed by atoms with van der Waals surface area (Å²) in [6.07, 6.45) is 5.10. The van der Waals surface area contributed by atoms with Crippen molar-refractivity contribution in [3.8, 4) is 0 Å². The molecule has 2 fully saturated rings. The Kier molecular flexibility index (Phi) is 6.03. The lowest BCUT2D eigenvalue weighted by Gasteiger charge is -2.37. The molecule has 0 bridgehead atoms. The van der Waals surface area contributed by atoms with Crippen molar-refractivity contribution in [2.24, 2.45) is 5.92 Å². The number of nitrogens with zero attached hydrogens (tertiary/aromatic N) is 2. The number of carbonyl (C=O) groups is 2. The third kappa shape index (κ3) is 4.19. The van der Waals surface area contributed by atoms with Crippen molar-refractivity contribution in [1.29, 1.82) is 0 Å². The van der Waals surface area contributed by atoms with Crippen molar-refractivity contribution in [3.05, 3.63) is 0 Å². The van der Waals surface area contributed by atoms with E-state index in [1.807, 2.05) is 18.7 Å². The molecule has 21 heavy (non-hydrogen) atoms. The van der Waals surface area contributed by atoms with Gasteiger partial charge in [-0.3, -0.25) is 14.5 Å². The van der Waals surface area contributed by atoms with E-state index in [1.54, 1.807) is 0 Å². The van der Waals surface area contributed by atoms with E-state index in [9.17, 15) is 9.59 Å². The Hall–Kier alpha value is -1.10. The van der Waals surface area contributed by atoms with Crippen LogP contribution in [0.2, 0.25) is 0 Å². The maximum absolute atomic E-state index is 12.5. The maximum Gasteiger partial charge on any atom is 0.309 e. The number of rotatable bonds is 4. The molecule has 1 atom stereocenters. The van der Waals surface area contributed by atoms with Gasteiger partial charge in [0.2, 0.25) is 5.91 Å². The lowest BCUT2D eigenvalue weighted by molar-refractivity contribution is -0.150. The fraction of sp³-hybridized carbons (Fsp3) is 0.875. The lowest BCUT2D eigenvalue weighted by Crippen LogP contribution is -2.51. The van der Waals surface area contributed by atoms with Crippen LogP contribution in [-0.4, -0.2) is 60.5 Å². The summed E-state index contributed by atoms with van der Waals surface area (Å²) in [6, 6.07) is -0.0637. The summed E-state index contributed by atoms with van der Waals surface area (Å²) in [7, 11) is 0. The summed E-state index contributed by atoms with van der Waals surface area (Å²) in [5.74, 6) is 0.190. The first-order valence-corrected chi connectivity index (χ1v) is 8.33. The summed E-state index contributed by atoms with van der Waals surface area (Å²) in [6.45, 7) is 7.72. The van der Waals surface area contributed by atoms with Gasteiger partial charge in [-0.2, -0.15) is 0 Å². The average molecular weight is 296 g/mol. The monoisotopic (exact) mass is 296 g/mol. The SMILES string of the molecule is CCOC(=O)C1CCN(C(C)C(=O)N2CCCCC2)CC1. The number of carbonyl (C=O) groups excluding carboxylic acids is 2. The molecule has 5 heteroatoms. The minimum atomic E-state index is -0.0767. The van der Waals surface area contributed by atoms with Gasteiger partial charge >= 0.3 is 5.97 Å². The highest BCUT2D eigenvalue weighted by Gasteiger charge is 2.32. The van der Waals surface area contributed by atoms with E-state index in [1.165, 1.54) is 6.42 Å². The smallest absolute Gasteiger partial charge is 0.309 e. The van der Waals surface area contributed by atoms with Crippen LogP contribution in [0.3, 0.4) is 0 Å². The largest absolute Gasteiger partial charge is 0.466 e. The Bertz CT molecular complexity index is 359. The fourth-order valence-electron chi connectivity index (χ4n) is 3.32. The molecular formula is C16H28N2O3. The highest BCUT2D eigenvalue weighted by Crippen LogP contribution is 2.21. The molecule has 120 valence electrons. The first-order chi connectivity index (χ1) is 10.1. The standard InChI is InChI=1S/C16H28N2O3/c1-3-21-16(20)14-7-11-17(12-8-14)13(2)15(19)18-9-5-4-6-10-18/h13-14H,3-12H2,1-2H3. The summed E-state index contributed by atoms with van der Waals surface area (Å²) in [4.78, 5) is 28.5. The van der Waals surface area contributed by atoms with Crippen LogP contribution in [0.5, 0.6) is 0 Å². The highest BCUT2D eigenvalue weighted by atomic mass is 16.5. The average Bonchev–Trinajstić information content (AvgIpc) is 2.54. The quantitative estimate of drug-likeness (QED) is 0.740. The lowest BCUT2D eigenvalue weighted by atomic mass is 9.95. The topological polar surface area (TPSA) is 49.9 Å². The van der Waals surface area contributed by atoms with Gasteiger partial charge in [-0.1, -0.05) is 0 Å². The van der Waals surface area contributed by atoms with Gasteiger partial charge in [0.15, 0.2) is 0 Å². The van der Waals surface area contributed by atoms with E-state index in [2.05, 4.69) is 4.90 Å². The van der Waals surface area contributed by atoms with Crippen molar-refractivity contribution in [3.63, 3.8) is 0 Å². The highest BCUT2D eigenvalue weighted by molar-refractivity contribution is 5.81. The predicted octanol–water partition coefficient (Wildman–Crippen LogP) is 1.66. The number of piperidine rings is 2. The van der Waals surface area contributed by atoms with Crippen LogP contribution in [0.15, 0.2) is 0 Å². The number of likely N-dealkylation sites (tertiary alicyclic amines) is 2. The summed E-state index contributed by atoms with van der Waals surface area (Å²) in [5.41, 5.74) is 0. The van der Waals surface area contributed by atoms with Crippen molar-refractivity contribution >= 4 is 11.9 Å². The number of esters is 1. The van der Waals surface area contributed by atoms with Crippen LogP contribution in [0.25, 0.3) is 0 Å². The number of amides is 1. The van der Waals surface area contributed by atoms with E-state index >= 15 is 0 Å². The molecule has 2 heterocycles. The molecule has 5 nitrogen and oxygen atoms in total. The molecule has 0 N–H and O–H groups in total. The molecule has 0 aliphatic carbocycles. The Morgan fingerprint density at radius 2 is 1.71 bits per heavy atom. The Morgan fingerprint density at radius 1 is 1.10 bits per heavy atom. The summed E-state index contributed by atoms with van der Waals surface area (Å²) >= 11 is 0. The molecule has 0 aromatic carbocycles. The molecule has 2 aliphatic rings. The molecule has 1 amide bonds. The van der Waals surface area contributed by atoms with Gasteiger partial charge in [0.25, 0.3) is 0 Å². The molecule has 2 aliphatic heterocycles. The number of ether oxygens (including phenoxy) is 1. The minimum Gasteiger partial charge on any atom is -0.466 e. The summed E-state index contributed by atoms with van der Waals surface area (Å²) in [5, 5.41) is 0. The normalized spacial score (nSPS) is 22.9. The van der Waals surface area contributed by atoms with E-state index in [-0.39, 0.29) is 23.8 Å². The molecule has 0 saturated carbocycles. The van der Waals surface area contributed by atoms with Gasteiger partial charge in [0, 0.05) is 13.1 Å². The molecule has 0 aromatic rings. The van der Waals surface area contributed by atoms with Crippen molar-refractivity contribution < 1.29 is 14.3 Å². The van der Waals surface area contributed by atoms with Gasteiger partial charge < -0.3 is 9.64 Å². The van der Waals surface area contributed by atoms with Crippen LogP contribution in [0.4, 0.5) is 0 Å². The summed E-state index contributed by atoms with van der Waals surface area (Å²) < 4.78 is 5.09. The Morgan fingerprint density at radius 3 is 2.29 bits per heavy atom. The Balaban J connectivity index is 1.80. The Labute approximate surface area is 127 Å². The number of hydrogen-bond donors (Lipinski definition) is 0. The van der Waals surface area contributed by atoms with Gasteiger partial charge in [0.1, 0.15) is 0 Å². The van der Waals surface area contributed by atoms with E-state index in [0.29, 0.717) is 6.61 Å². The zero-order chi connectivity index (χ0) is 15.2. The second-order valence-electron chi connectivity index (χ2n) is 6.12. The van der Waals surface area contributed by atoms with E-state index in [0.717, 1.165) is 51.9 Å². The van der Waals surface area contributed by atoms with Crippen molar-refractivity contribution in [2.45, 2.75) is 52.0 Å². The van der Waals surface area contributed by atoms with E-state index < -0.39 is 0 Å². The van der Waals surface area contributed by atoms with Gasteiger partial charge in [-0.25, -0.2) is 0 Å². The predicted molar refractivity (Wildman–Crippen MR) is 80.8 cm³/mol. The first kappa shape index (κ1) is 16.3. The van der Waals surface area contributed by atoms with Crippen LogP contribution < -0.4 is 0 Å². The van der Waals surface area contributed by atoms with Crippen molar-refractivity contribution in [1.82, 2.24) is 9.80 Å². The second-order valence-corrected chi connectivity index (χ2v) is 6.12. The molecular weight excluding hydrogens is 268 g/mol. The minimum absolute atomic E-state index is 0.0125. The van der Waals surface area contributed by atoms with Crippen LogP contribution in [0.1, 0.15) is 46.0 Å². The van der Waals surface area contributed by atoms with Crippen LogP contribution in [-0.2, 0) is 14.3 Å². The second kappa shape index (κ2) is 7.78. The van der Waals surface area contributed by atoms with Gasteiger partial charge in [0.05, 0.1) is 18.6 Å². The van der Waals surface area contributed by atoms with Crippen LogP contribution in [0, 0.1) is 5.92 Å². The maximum atomic E-state index is 12.5. The van der Waals surface area contributed by atoms with Gasteiger partial charge in [-0.05, 0) is 59.0 Å². The number of hydrogen-bond acceptors (Lipinski definition) is 4. The molecule has 0 spiro atoms. The third-order valence-electron chi connectivity index (χ3n) is 4.72. The fourth-order valence-corrected chi connectivity index (χ4v) is 3.32. The molecule has 0 aromatic heterocycles. The van der Waals surface area contributed by atoms with Crippen LogP contribution >= 0.6 is 0 Å².